The molecule has 0 aromatic heterocycles. The van der Waals surface area contributed by atoms with Gasteiger partial charge in [-0.1, -0.05) is 32.1 Å². The average Bonchev–Trinajstić information content (AvgIpc) is 2.64. The van der Waals surface area contributed by atoms with Gasteiger partial charge in [-0.25, -0.2) is 0 Å². The first-order valence-electron chi connectivity index (χ1n) is 8.03. The summed E-state index contributed by atoms with van der Waals surface area (Å²) in [7, 11) is 0. The maximum absolute atomic E-state index is 12.2. The van der Waals surface area contributed by atoms with Gasteiger partial charge in [-0.3, -0.25) is 9.69 Å². The zero-order chi connectivity index (χ0) is 13.5. The standard InChI is InChI=1S/C15H29N3O/c16-11-14-9-5-2-6-10-18(14)12-15(19)17-13-7-3-1-4-8-13/h13-14H,1-12,16H2,(H,17,19). The van der Waals surface area contributed by atoms with E-state index in [1.165, 1.54) is 38.5 Å². The summed E-state index contributed by atoms with van der Waals surface area (Å²) in [5, 5.41) is 3.21. The molecule has 1 saturated heterocycles. The summed E-state index contributed by atoms with van der Waals surface area (Å²) < 4.78 is 0. The molecule has 110 valence electrons. The van der Waals surface area contributed by atoms with Crippen molar-refractivity contribution >= 4 is 5.91 Å². The van der Waals surface area contributed by atoms with Gasteiger partial charge in [0.05, 0.1) is 6.54 Å². The fourth-order valence-electron chi connectivity index (χ4n) is 3.42. The van der Waals surface area contributed by atoms with Gasteiger partial charge >= 0.3 is 0 Å². The van der Waals surface area contributed by atoms with Crippen LogP contribution in [0.5, 0.6) is 0 Å². The predicted molar refractivity (Wildman–Crippen MR) is 77.9 cm³/mol. The molecule has 4 nitrogen and oxygen atoms in total. The number of nitrogens with zero attached hydrogens (tertiary/aromatic N) is 1. The van der Waals surface area contributed by atoms with Crippen LogP contribution in [0.3, 0.4) is 0 Å². The van der Waals surface area contributed by atoms with Gasteiger partial charge < -0.3 is 11.1 Å². The van der Waals surface area contributed by atoms with Crippen molar-refractivity contribution in [3.63, 3.8) is 0 Å². The molecule has 1 aliphatic heterocycles. The van der Waals surface area contributed by atoms with Crippen LogP contribution >= 0.6 is 0 Å². The Morgan fingerprint density at radius 2 is 1.74 bits per heavy atom. The lowest BCUT2D eigenvalue weighted by molar-refractivity contribution is -0.123. The van der Waals surface area contributed by atoms with Crippen molar-refractivity contribution in [3.05, 3.63) is 0 Å². The normalized spacial score (nSPS) is 26.9. The number of amides is 1. The number of likely N-dealkylation sites (tertiary alicyclic amines) is 1. The van der Waals surface area contributed by atoms with E-state index < -0.39 is 0 Å². The predicted octanol–water partition coefficient (Wildman–Crippen LogP) is 1.64. The van der Waals surface area contributed by atoms with Gasteiger partial charge in [0, 0.05) is 18.6 Å². The van der Waals surface area contributed by atoms with E-state index in [0.29, 0.717) is 25.2 Å². The molecule has 1 heterocycles. The van der Waals surface area contributed by atoms with E-state index in [9.17, 15) is 4.79 Å². The molecule has 1 aliphatic carbocycles. The van der Waals surface area contributed by atoms with Crippen LogP contribution in [-0.4, -0.2) is 42.5 Å². The van der Waals surface area contributed by atoms with E-state index in [1.807, 2.05) is 0 Å². The molecule has 1 atom stereocenters. The van der Waals surface area contributed by atoms with Crippen LogP contribution < -0.4 is 11.1 Å². The van der Waals surface area contributed by atoms with Crippen LogP contribution in [0.25, 0.3) is 0 Å². The second-order valence-electron chi connectivity index (χ2n) is 6.11. The van der Waals surface area contributed by atoms with Gasteiger partial charge in [-0.15, -0.1) is 0 Å². The van der Waals surface area contributed by atoms with Crippen molar-refractivity contribution in [2.45, 2.75) is 69.9 Å². The third-order valence-corrected chi connectivity index (χ3v) is 4.59. The minimum Gasteiger partial charge on any atom is -0.352 e. The van der Waals surface area contributed by atoms with Crippen molar-refractivity contribution in [1.29, 1.82) is 0 Å². The first kappa shape index (κ1) is 14.8. The molecular weight excluding hydrogens is 238 g/mol. The molecule has 2 fully saturated rings. The highest BCUT2D eigenvalue weighted by atomic mass is 16.2. The van der Waals surface area contributed by atoms with E-state index in [4.69, 9.17) is 5.73 Å². The van der Waals surface area contributed by atoms with Gasteiger partial charge in [0.25, 0.3) is 0 Å². The van der Waals surface area contributed by atoms with Crippen molar-refractivity contribution in [3.8, 4) is 0 Å². The van der Waals surface area contributed by atoms with Crippen LogP contribution in [0.15, 0.2) is 0 Å². The van der Waals surface area contributed by atoms with E-state index in [-0.39, 0.29) is 5.91 Å². The fourth-order valence-corrected chi connectivity index (χ4v) is 3.42. The Bertz CT molecular complexity index is 277. The van der Waals surface area contributed by atoms with E-state index >= 15 is 0 Å². The molecule has 3 N–H and O–H groups in total. The summed E-state index contributed by atoms with van der Waals surface area (Å²) >= 11 is 0. The third-order valence-electron chi connectivity index (χ3n) is 4.59. The van der Waals surface area contributed by atoms with Crippen LogP contribution in [0.4, 0.5) is 0 Å². The first-order chi connectivity index (χ1) is 9.29. The van der Waals surface area contributed by atoms with Crippen molar-refractivity contribution in [2.75, 3.05) is 19.6 Å². The van der Waals surface area contributed by atoms with Crippen LogP contribution in [-0.2, 0) is 4.79 Å². The number of nitrogens with two attached hydrogens (primary N) is 1. The molecule has 0 aromatic rings. The molecule has 0 aromatic carbocycles. The molecule has 2 aliphatic rings. The van der Waals surface area contributed by atoms with Crippen molar-refractivity contribution < 1.29 is 4.79 Å². The molecule has 4 heteroatoms. The highest BCUT2D eigenvalue weighted by molar-refractivity contribution is 5.78. The summed E-state index contributed by atoms with van der Waals surface area (Å²) in [4.78, 5) is 14.5. The summed E-state index contributed by atoms with van der Waals surface area (Å²) in [6.45, 7) is 2.25. The molecular formula is C15H29N3O. The van der Waals surface area contributed by atoms with Gasteiger partial charge in [-0.05, 0) is 32.2 Å². The van der Waals surface area contributed by atoms with Gasteiger partial charge in [0.1, 0.15) is 0 Å². The smallest absolute Gasteiger partial charge is 0.234 e. The van der Waals surface area contributed by atoms with E-state index in [1.54, 1.807) is 0 Å². The summed E-state index contributed by atoms with van der Waals surface area (Å²) in [5.41, 5.74) is 5.85. The lowest BCUT2D eigenvalue weighted by Crippen LogP contribution is -2.48. The molecule has 1 saturated carbocycles. The maximum atomic E-state index is 12.2. The molecule has 0 bridgehead atoms. The third kappa shape index (κ3) is 4.77. The Morgan fingerprint density at radius 1 is 1.05 bits per heavy atom. The van der Waals surface area contributed by atoms with Gasteiger partial charge in [0.2, 0.25) is 5.91 Å². The zero-order valence-corrected chi connectivity index (χ0v) is 12.1. The number of hydrogen-bond donors (Lipinski definition) is 2. The molecule has 1 amide bonds. The Kier molecular flexibility index (Phi) is 6.11. The highest BCUT2D eigenvalue weighted by Crippen LogP contribution is 2.18. The average molecular weight is 267 g/mol. The van der Waals surface area contributed by atoms with Crippen LogP contribution in [0.1, 0.15) is 57.8 Å². The number of carbonyl (C=O) groups is 1. The topological polar surface area (TPSA) is 58.4 Å². The second kappa shape index (κ2) is 7.85. The Balaban J connectivity index is 1.78. The number of nitrogens with one attached hydrogen (secondary N) is 1. The van der Waals surface area contributed by atoms with Crippen molar-refractivity contribution in [1.82, 2.24) is 10.2 Å². The molecule has 1 unspecified atom stereocenters. The SMILES string of the molecule is NCC1CCCCCN1CC(=O)NC1CCCCC1. The minimum atomic E-state index is 0.201. The van der Waals surface area contributed by atoms with Crippen LogP contribution in [0, 0.1) is 0 Å². The highest BCUT2D eigenvalue weighted by Gasteiger charge is 2.23. The molecule has 0 radical (unpaired) electrons. The first-order valence-corrected chi connectivity index (χ1v) is 8.03. The lowest BCUT2D eigenvalue weighted by atomic mass is 9.95. The fraction of sp³-hybridized carbons (Fsp3) is 0.933. The van der Waals surface area contributed by atoms with E-state index in [0.717, 1.165) is 25.8 Å². The largest absolute Gasteiger partial charge is 0.352 e. The maximum Gasteiger partial charge on any atom is 0.234 e. The summed E-state index contributed by atoms with van der Waals surface area (Å²) in [6.07, 6.45) is 11.0. The van der Waals surface area contributed by atoms with E-state index in [2.05, 4.69) is 10.2 Å². The monoisotopic (exact) mass is 267 g/mol. The number of hydrogen-bond acceptors (Lipinski definition) is 3. The molecule has 19 heavy (non-hydrogen) atoms. The minimum absolute atomic E-state index is 0.201. The van der Waals surface area contributed by atoms with Gasteiger partial charge in [-0.2, -0.15) is 0 Å². The number of carbonyl (C=O) groups excluding carboxylic acids is 1. The van der Waals surface area contributed by atoms with Gasteiger partial charge in [0.15, 0.2) is 0 Å². The van der Waals surface area contributed by atoms with Crippen LogP contribution in [0.2, 0.25) is 0 Å². The Hall–Kier alpha value is -0.610. The summed E-state index contributed by atoms with van der Waals surface area (Å²) in [6, 6.07) is 0.823. The summed E-state index contributed by atoms with van der Waals surface area (Å²) in [5.74, 6) is 0.201. The Labute approximate surface area is 117 Å². The molecule has 0 spiro atoms. The van der Waals surface area contributed by atoms with Crippen molar-refractivity contribution in [2.24, 2.45) is 5.73 Å². The second-order valence-corrected chi connectivity index (χ2v) is 6.11. The Morgan fingerprint density at radius 3 is 2.47 bits per heavy atom. The molecule has 2 rings (SSSR count). The number of rotatable bonds is 4. The zero-order valence-electron chi connectivity index (χ0n) is 12.1. The lowest BCUT2D eigenvalue weighted by Gasteiger charge is -2.29. The quantitative estimate of drug-likeness (QED) is 0.814.